The molecular weight excluding hydrogens is 331 g/mol. The number of urea groups is 1. The summed E-state index contributed by atoms with van der Waals surface area (Å²) in [4.78, 5) is 33.8. The number of benzene rings is 1. The number of alkyl halides is 3. The molecule has 24 heavy (non-hydrogen) atoms. The van der Waals surface area contributed by atoms with Gasteiger partial charge in [-0.15, -0.1) is 13.2 Å². The van der Waals surface area contributed by atoms with Crippen LogP contribution in [0.4, 0.5) is 18.0 Å². The van der Waals surface area contributed by atoms with Gasteiger partial charge >= 0.3 is 12.4 Å². The number of imide groups is 1. The van der Waals surface area contributed by atoms with Gasteiger partial charge in [0.1, 0.15) is 11.8 Å². The number of rotatable bonds is 6. The lowest BCUT2D eigenvalue weighted by Gasteiger charge is -2.10. The van der Waals surface area contributed by atoms with Gasteiger partial charge in [0, 0.05) is 6.54 Å². The minimum Gasteiger partial charge on any atom is -0.406 e. The first-order chi connectivity index (χ1) is 11.2. The van der Waals surface area contributed by atoms with E-state index in [9.17, 15) is 27.6 Å². The molecule has 130 valence electrons. The second kappa shape index (κ2) is 7.20. The van der Waals surface area contributed by atoms with Gasteiger partial charge in [0.25, 0.3) is 5.91 Å². The molecule has 1 aliphatic rings. The van der Waals surface area contributed by atoms with Gasteiger partial charge in [-0.1, -0.05) is 12.1 Å². The van der Waals surface area contributed by atoms with Gasteiger partial charge in [0.05, 0.1) is 6.42 Å². The normalized spacial score (nSPS) is 17.2. The number of hydrogen-bond acceptors (Lipinski definition) is 4. The lowest BCUT2D eigenvalue weighted by molar-refractivity contribution is -0.274. The van der Waals surface area contributed by atoms with E-state index in [0.717, 1.165) is 0 Å². The van der Waals surface area contributed by atoms with Gasteiger partial charge in [-0.2, -0.15) is 0 Å². The van der Waals surface area contributed by atoms with E-state index < -0.39 is 30.2 Å². The summed E-state index contributed by atoms with van der Waals surface area (Å²) in [6.45, 7) is 0.237. The van der Waals surface area contributed by atoms with E-state index in [0.29, 0.717) is 12.0 Å². The van der Waals surface area contributed by atoms with Crippen molar-refractivity contribution in [2.45, 2.75) is 25.2 Å². The van der Waals surface area contributed by atoms with Crippen LogP contribution in [-0.2, 0) is 16.0 Å². The Bertz CT molecular complexity index is 631. The first-order valence-electron chi connectivity index (χ1n) is 6.96. The van der Waals surface area contributed by atoms with Gasteiger partial charge in [-0.25, -0.2) is 4.79 Å². The Morgan fingerprint density at radius 3 is 2.42 bits per heavy atom. The van der Waals surface area contributed by atoms with Gasteiger partial charge in [0.2, 0.25) is 5.91 Å². The highest BCUT2D eigenvalue weighted by Gasteiger charge is 2.31. The maximum absolute atomic E-state index is 12.0. The zero-order valence-corrected chi connectivity index (χ0v) is 12.3. The minimum absolute atomic E-state index is 0.185. The molecule has 1 fully saturated rings. The van der Waals surface area contributed by atoms with Crippen molar-refractivity contribution in [3.63, 3.8) is 0 Å². The summed E-state index contributed by atoms with van der Waals surface area (Å²) < 4.78 is 39.8. The van der Waals surface area contributed by atoms with Crippen LogP contribution in [0.1, 0.15) is 12.0 Å². The maximum Gasteiger partial charge on any atom is 0.573 e. The van der Waals surface area contributed by atoms with Crippen LogP contribution in [0.15, 0.2) is 24.3 Å². The van der Waals surface area contributed by atoms with Gasteiger partial charge in [-0.05, 0) is 24.1 Å². The zero-order valence-electron chi connectivity index (χ0n) is 12.3. The second-order valence-corrected chi connectivity index (χ2v) is 5.01. The summed E-state index contributed by atoms with van der Waals surface area (Å²) in [6.07, 6.45) is -4.53. The number of hydrogen-bond donors (Lipinski definition) is 3. The average Bonchev–Trinajstić information content (AvgIpc) is 2.77. The van der Waals surface area contributed by atoms with Crippen molar-refractivity contribution in [2.24, 2.45) is 0 Å². The van der Waals surface area contributed by atoms with E-state index in [4.69, 9.17) is 0 Å². The Morgan fingerprint density at radius 1 is 1.21 bits per heavy atom. The number of carbonyl (C=O) groups is 3. The number of ether oxygens (including phenoxy) is 1. The Kier molecular flexibility index (Phi) is 5.27. The fraction of sp³-hybridized carbons (Fsp3) is 0.357. The average molecular weight is 345 g/mol. The molecule has 0 spiro atoms. The lowest BCUT2D eigenvalue weighted by Crippen LogP contribution is -2.36. The SMILES string of the molecule is O=C(CC1NC(=O)NC1=O)NCCc1ccc(OC(F)(F)F)cc1. The van der Waals surface area contributed by atoms with Crippen molar-refractivity contribution in [1.29, 1.82) is 0 Å². The van der Waals surface area contributed by atoms with Crippen LogP contribution >= 0.6 is 0 Å². The second-order valence-electron chi connectivity index (χ2n) is 5.01. The van der Waals surface area contributed by atoms with Crippen molar-refractivity contribution >= 4 is 17.8 Å². The van der Waals surface area contributed by atoms with E-state index in [-0.39, 0.29) is 18.7 Å². The summed E-state index contributed by atoms with van der Waals surface area (Å²) >= 11 is 0. The fourth-order valence-corrected chi connectivity index (χ4v) is 2.06. The highest BCUT2D eigenvalue weighted by molar-refractivity contribution is 6.05. The first-order valence-corrected chi connectivity index (χ1v) is 6.96. The third-order valence-electron chi connectivity index (χ3n) is 3.14. The number of amides is 4. The molecule has 0 saturated carbocycles. The van der Waals surface area contributed by atoms with Crippen LogP contribution in [-0.4, -0.2) is 36.8 Å². The first kappa shape index (κ1) is 17.6. The van der Waals surface area contributed by atoms with Crippen LogP contribution in [0, 0.1) is 0 Å². The van der Waals surface area contributed by atoms with Crippen LogP contribution < -0.4 is 20.7 Å². The van der Waals surface area contributed by atoms with Gasteiger partial charge in [0.15, 0.2) is 0 Å². The molecule has 1 unspecified atom stereocenters. The summed E-state index contributed by atoms with van der Waals surface area (Å²) in [5.74, 6) is -1.30. The largest absolute Gasteiger partial charge is 0.573 e. The maximum atomic E-state index is 12.0. The fourth-order valence-electron chi connectivity index (χ4n) is 2.06. The predicted octanol–water partition coefficient (Wildman–Crippen LogP) is 0.842. The molecule has 1 heterocycles. The van der Waals surface area contributed by atoms with Gasteiger partial charge in [-0.3, -0.25) is 14.9 Å². The molecule has 7 nitrogen and oxygen atoms in total. The van der Waals surface area contributed by atoms with E-state index >= 15 is 0 Å². The Balaban J connectivity index is 1.72. The highest BCUT2D eigenvalue weighted by Crippen LogP contribution is 2.22. The van der Waals surface area contributed by atoms with Crippen LogP contribution in [0.5, 0.6) is 5.75 Å². The third-order valence-corrected chi connectivity index (χ3v) is 3.14. The van der Waals surface area contributed by atoms with Crippen molar-refractivity contribution < 1.29 is 32.3 Å². The predicted molar refractivity (Wildman–Crippen MR) is 74.9 cm³/mol. The molecule has 3 N–H and O–H groups in total. The minimum atomic E-state index is -4.74. The van der Waals surface area contributed by atoms with E-state index in [1.165, 1.54) is 24.3 Å². The lowest BCUT2D eigenvalue weighted by atomic mass is 10.1. The molecule has 1 aliphatic heterocycles. The number of nitrogens with one attached hydrogen (secondary N) is 3. The summed E-state index contributed by atoms with van der Waals surface area (Å²) in [5, 5.41) is 6.88. The van der Waals surface area contributed by atoms with E-state index in [1.807, 2.05) is 5.32 Å². The molecule has 2 rings (SSSR count). The molecule has 0 aromatic heterocycles. The Labute approximate surface area is 134 Å². The third kappa shape index (κ3) is 5.45. The topological polar surface area (TPSA) is 96.5 Å². The molecule has 1 aromatic carbocycles. The Morgan fingerprint density at radius 2 is 1.88 bits per heavy atom. The van der Waals surface area contributed by atoms with E-state index in [1.54, 1.807) is 0 Å². The molecule has 1 saturated heterocycles. The highest BCUT2D eigenvalue weighted by atomic mass is 19.4. The molecule has 0 radical (unpaired) electrons. The van der Waals surface area contributed by atoms with Crippen molar-refractivity contribution in [3.8, 4) is 5.75 Å². The van der Waals surface area contributed by atoms with Crippen molar-refractivity contribution in [2.75, 3.05) is 6.54 Å². The summed E-state index contributed by atoms with van der Waals surface area (Å²) in [5.41, 5.74) is 0.705. The van der Waals surface area contributed by atoms with Crippen LogP contribution in [0.25, 0.3) is 0 Å². The zero-order chi connectivity index (χ0) is 17.7. The summed E-state index contributed by atoms with van der Waals surface area (Å²) in [7, 11) is 0. The van der Waals surface area contributed by atoms with Gasteiger partial charge < -0.3 is 15.4 Å². The molecular formula is C14H14F3N3O4. The quantitative estimate of drug-likeness (QED) is 0.666. The number of halogens is 3. The molecule has 1 atom stereocenters. The van der Waals surface area contributed by atoms with Crippen LogP contribution in [0.2, 0.25) is 0 Å². The molecule has 10 heteroatoms. The summed E-state index contributed by atoms with van der Waals surface area (Å²) in [6, 6.07) is 3.75. The molecule has 4 amide bonds. The van der Waals surface area contributed by atoms with E-state index in [2.05, 4.69) is 15.4 Å². The van der Waals surface area contributed by atoms with Crippen molar-refractivity contribution in [3.05, 3.63) is 29.8 Å². The standard InChI is InChI=1S/C14H14F3N3O4/c15-14(16,17)24-9-3-1-8(2-4-9)5-6-18-11(21)7-10-12(22)20-13(23)19-10/h1-4,10H,5-7H2,(H,18,21)(H2,19,20,22,23). The monoisotopic (exact) mass is 345 g/mol. The number of carbonyl (C=O) groups excluding carboxylic acids is 3. The molecule has 0 aliphatic carbocycles. The van der Waals surface area contributed by atoms with Crippen molar-refractivity contribution in [1.82, 2.24) is 16.0 Å². The smallest absolute Gasteiger partial charge is 0.406 e. The van der Waals surface area contributed by atoms with Crippen LogP contribution in [0.3, 0.4) is 0 Å². The Hall–Kier alpha value is -2.78. The molecule has 1 aromatic rings. The molecule has 0 bridgehead atoms.